The molecule has 0 spiro atoms. The monoisotopic (exact) mass is 349 g/mol. The van der Waals surface area contributed by atoms with Crippen molar-refractivity contribution >= 4 is 6.03 Å². The van der Waals surface area contributed by atoms with Gasteiger partial charge in [-0.1, -0.05) is 13.8 Å². The number of urea groups is 1. The number of hydrogen-bond donors (Lipinski definition) is 2. The summed E-state index contributed by atoms with van der Waals surface area (Å²) in [5.41, 5.74) is 0.0521. The Bertz CT molecular complexity index is 611. The van der Waals surface area contributed by atoms with Crippen LogP contribution in [0.5, 0.6) is 0 Å². The first-order valence-corrected chi connectivity index (χ1v) is 9.64. The third-order valence-electron chi connectivity index (χ3n) is 6.23. The van der Waals surface area contributed by atoms with Crippen LogP contribution in [0.25, 0.3) is 0 Å². The highest BCUT2D eigenvalue weighted by Gasteiger charge is 2.53. The summed E-state index contributed by atoms with van der Waals surface area (Å²) in [6.45, 7) is 10.0. The lowest BCUT2D eigenvalue weighted by atomic mass is 9.58. The van der Waals surface area contributed by atoms with Crippen molar-refractivity contribution in [1.82, 2.24) is 25.4 Å². The fraction of sp³-hybridized carbons (Fsp3) is 0.833. The third-order valence-corrected chi connectivity index (χ3v) is 6.23. The van der Waals surface area contributed by atoms with E-state index in [1.165, 1.54) is 0 Å². The van der Waals surface area contributed by atoms with Crippen LogP contribution in [-0.4, -0.2) is 39.5 Å². The van der Waals surface area contributed by atoms with Crippen LogP contribution < -0.4 is 10.6 Å². The number of nitrogens with one attached hydrogen (secondary N) is 2. The summed E-state index contributed by atoms with van der Waals surface area (Å²) in [6.07, 6.45) is 5.10. The molecule has 0 radical (unpaired) electrons. The van der Waals surface area contributed by atoms with Crippen LogP contribution in [0.4, 0.5) is 4.79 Å². The molecular weight excluding hydrogens is 318 g/mol. The van der Waals surface area contributed by atoms with Crippen molar-refractivity contribution in [2.24, 2.45) is 5.41 Å². The van der Waals surface area contributed by atoms with Crippen LogP contribution in [0.3, 0.4) is 0 Å². The first kappa shape index (κ1) is 18.2. The Morgan fingerprint density at radius 1 is 1.28 bits per heavy atom. The number of aromatic nitrogens is 3. The second-order valence-electron chi connectivity index (χ2n) is 7.24. The van der Waals surface area contributed by atoms with Crippen LogP contribution in [0.1, 0.15) is 70.6 Å². The van der Waals surface area contributed by atoms with Gasteiger partial charge >= 0.3 is 6.03 Å². The predicted molar refractivity (Wildman–Crippen MR) is 95.2 cm³/mol. The summed E-state index contributed by atoms with van der Waals surface area (Å²) in [4.78, 5) is 12.6. The molecule has 7 heteroatoms. The lowest BCUT2D eigenvalue weighted by molar-refractivity contribution is -0.134. The number of nitrogens with zero attached hydrogens (tertiary/aromatic N) is 3. The normalized spacial score (nSPS) is 27.3. The molecule has 1 saturated carbocycles. The minimum atomic E-state index is -0.106. The van der Waals surface area contributed by atoms with Crippen molar-refractivity contribution in [3.8, 4) is 0 Å². The SMILES string of the molecule is CCO[C@@H]1C[C@H](NC(=O)N[C@H]2CCCn3c(C)nnc32)C1(CC)CC. The average Bonchev–Trinajstić information content (AvgIpc) is 2.98. The summed E-state index contributed by atoms with van der Waals surface area (Å²) in [6, 6.07) is 0.00272. The fourth-order valence-corrected chi connectivity index (χ4v) is 4.59. The highest BCUT2D eigenvalue weighted by atomic mass is 16.5. The maximum Gasteiger partial charge on any atom is 0.315 e. The van der Waals surface area contributed by atoms with Gasteiger partial charge in [0, 0.05) is 24.6 Å². The van der Waals surface area contributed by atoms with Gasteiger partial charge in [0.15, 0.2) is 5.82 Å². The van der Waals surface area contributed by atoms with Crippen molar-refractivity contribution in [3.63, 3.8) is 0 Å². The maximum absolute atomic E-state index is 12.6. The minimum Gasteiger partial charge on any atom is -0.378 e. The van der Waals surface area contributed by atoms with Gasteiger partial charge in [0.05, 0.1) is 12.1 Å². The van der Waals surface area contributed by atoms with E-state index in [1.807, 2.05) is 13.8 Å². The number of rotatable bonds is 6. The highest BCUT2D eigenvalue weighted by molar-refractivity contribution is 5.75. The van der Waals surface area contributed by atoms with Crippen LogP contribution in [0.2, 0.25) is 0 Å². The van der Waals surface area contributed by atoms with Gasteiger partial charge < -0.3 is 19.9 Å². The van der Waals surface area contributed by atoms with E-state index in [1.54, 1.807) is 0 Å². The number of carbonyl (C=O) groups is 1. The lowest BCUT2D eigenvalue weighted by Gasteiger charge is -2.55. The Morgan fingerprint density at radius 2 is 2.04 bits per heavy atom. The van der Waals surface area contributed by atoms with E-state index in [2.05, 4.69) is 39.2 Å². The second kappa shape index (κ2) is 7.32. The van der Waals surface area contributed by atoms with E-state index in [4.69, 9.17) is 4.74 Å². The van der Waals surface area contributed by atoms with Gasteiger partial charge in [-0.25, -0.2) is 4.79 Å². The van der Waals surface area contributed by atoms with Crippen molar-refractivity contribution in [3.05, 3.63) is 11.6 Å². The van der Waals surface area contributed by atoms with Gasteiger partial charge in [-0.15, -0.1) is 10.2 Å². The Hall–Kier alpha value is -1.63. The molecule has 2 N–H and O–H groups in total. The van der Waals surface area contributed by atoms with Crippen LogP contribution >= 0.6 is 0 Å². The van der Waals surface area contributed by atoms with Gasteiger partial charge in [-0.05, 0) is 46.0 Å². The summed E-state index contributed by atoms with van der Waals surface area (Å²) < 4.78 is 8.00. The molecular formula is C18H31N5O2. The van der Waals surface area contributed by atoms with Crippen LogP contribution in [0, 0.1) is 12.3 Å². The van der Waals surface area contributed by atoms with Crippen molar-refractivity contribution in [1.29, 1.82) is 0 Å². The molecule has 0 saturated heterocycles. The molecule has 1 aromatic rings. The standard InChI is InChI=1S/C18H31N5O2/c1-5-18(6-2)14(11-15(18)25-7-3)20-17(24)19-13-9-8-10-23-12(4)21-22-16(13)23/h13-15H,5-11H2,1-4H3,(H2,19,20,24)/t13-,14-,15+/m0/s1. The summed E-state index contributed by atoms with van der Waals surface area (Å²) in [5.74, 6) is 1.79. The molecule has 0 bridgehead atoms. The molecule has 25 heavy (non-hydrogen) atoms. The zero-order valence-corrected chi connectivity index (χ0v) is 15.8. The Kier molecular flexibility index (Phi) is 5.32. The summed E-state index contributed by atoms with van der Waals surface area (Å²) in [7, 11) is 0. The predicted octanol–water partition coefficient (Wildman–Crippen LogP) is 2.70. The molecule has 3 atom stereocenters. The topological polar surface area (TPSA) is 81.1 Å². The van der Waals surface area contributed by atoms with Gasteiger partial charge in [0.2, 0.25) is 0 Å². The molecule has 2 aliphatic rings. The maximum atomic E-state index is 12.6. The number of ether oxygens (including phenoxy) is 1. The molecule has 2 heterocycles. The molecule has 7 nitrogen and oxygen atoms in total. The number of amides is 2. The highest BCUT2D eigenvalue weighted by Crippen LogP contribution is 2.48. The van der Waals surface area contributed by atoms with E-state index >= 15 is 0 Å². The van der Waals surface area contributed by atoms with Crippen molar-refractivity contribution in [2.75, 3.05) is 6.61 Å². The fourth-order valence-electron chi connectivity index (χ4n) is 4.59. The van der Waals surface area contributed by atoms with Gasteiger partial charge in [-0.3, -0.25) is 0 Å². The van der Waals surface area contributed by atoms with Gasteiger partial charge in [0.1, 0.15) is 5.82 Å². The van der Waals surface area contributed by atoms with Crippen molar-refractivity contribution < 1.29 is 9.53 Å². The molecule has 3 rings (SSSR count). The Balaban J connectivity index is 1.62. The minimum absolute atomic E-state index is 0.0521. The van der Waals surface area contributed by atoms with E-state index in [-0.39, 0.29) is 29.6 Å². The molecule has 0 aromatic carbocycles. The first-order valence-electron chi connectivity index (χ1n) is 9.64. The van der Waals surface area contributed by atoms with Gasteiger partial charge in [-0.2, -0.15) is 0 Å². The molecule has 2 amide bonds. The van der Waals surface area contributed by atoms with E-state index in [0.29, 0.717) is 0 Å². The number of hydrogen-bond acceptors (Lipinski definition) is 4. The molecule has 1 aliphatic carbocycles. The second-order valence-corrected chi connectivity index (χ2v) is 7.24. The third kappa shape index (κ3) is 3.14. The number of fused-ring (bicyclic) bond motifs is 1. The molecule has 140 valence electrons. The number of aryl methyl sites for hydroxylation is 1. The molecule has 1 fully saturated rings. The molecule has 1 aromatic heterocycles. The molecule has 1 aliphatic heterocycles. The van der Waals surface area contributed by atoms with E-state index in [9.17, 15) is 4.79 Å². The summed E-state index contributed by atoms with van der Waals surface area (Å²) >= 11 is 0. The number of carbonyl (C=O) groups excluding carboxylic acids is 1. The zero-order valence-electron chi connectivity index (χ0n) is 15.8. The Morgan fingerprint density at radius 3 is 2.72 bits per heavy atom. The van der Waals surface area contributed by atoms with E-state index < -0.39 is 0 Å². The van der Waals surface area contributed by atoms with Crippen LogP contribution in [-0.2, 0) is 11.3 Å². The largest absolute Gasteiger partial charge is 0.378 e. The lowest BCUT2D eigenvalue weighted by Crippen LogP contribution is -2.65. The summed E-state index contributed by atoms with van der Waals surface area (Å²) in [5, 5.41) is 14.7. The zero-order chi connectivity index (χ0) is 18.0. The quantitative estimate of drug-likeness (QED) is 0.827. The first-order chi connectivity index (χ1) is 12.1. The van der Waals surface area contributed by atoms with Crippen molar-refractivity contribution in [2.45, 2.75) is 84.5 Å². The van der Waals surface area contributed by atoms with Gasteiger partial charge in [0.25, 0.3) is 0 Å². The smallest absolute Gasteiger partial charge is 0.315 e. The van der Waals surface area contributed by atoms with Crippen LogP contribution in [0.15, 0.2) is 0 Å². The molecule has 0 unspecified atom stereocenters. The van der Waals surface area contributed by atoms with E-state index in [0.717, 1.165) is 56.9 Å². The average molecular weight is 349 g/mol. The Labute approximate surface area is 149 Å².